The summed E-state index contributed by atoms with van der Waals surface area (Å²) in [6.45, 7) is 0.268. The number of imide groups is 1. The highest BCUT2D eigenvalue weighted by molar-refractivity contribution is 6.75. The Morgan fingerprint density at radius 1 is 1.26 bits per heavy atom. The second-order valence-electron chi connectivity index (χ2n) is 9.37. The zero-order valence-electron chi connectivity index (χ0n) is 18.9. The lowest BCUT2D eigenvalue weighted by Gasteiger charge is -2.40. The highest BCUT2D eigenvalue weighted by Crippen LogP contribution is 2.45. The number of rotatable bonds is 5. The minimum Gasteiger partial charge on any atom is -0.340 e. The predicted molar refractivity (Wildman–Crippen MR) is 129 cm³/mol. The lowest BCUT2D eigenvalue weighted by molar-refractivity contribution is -0.119. The van der Waals surface area contributed by atoms with Crippen molar-refractivity contribution in [3.05, 3.63) is 63.9 Å². The fourth-order valence-electron chi connectivity index (χ4n) is 4.97. The van der Waals surface area contributed by atoms with Gasteiger partial charge >= 0.3 is 0 Å². The first-order valence-electron chi connectivity index (χ1n) is 11.6. The van der Waals surface area contributed by atoms with E-state index in [9.17, 15) is 19.2 Å². The monoisotopic (exact) mass is 514 g/mol. The lowest BCUT2D eigenvalue weighted by atomic mass is 9.75. The highest BCUT2D eigenvalue weighted by atomic mass is 35.5. The molecular formula is C24H24ClFN4O4Si. The molecule has 1 saturated carbocycles. The zero-order chi connectivity index (χ0) is 24.7. The normalized spacial score (nSPS) is 22.7. The fraction of sp³-hybridized carbons (Fsp3) is 0.375. The number of carbonyl (C=O) groups is 4. The molecule has 1 aromatic heterocycles. The molecule has 2 fully saturated rings. The van der Waals surface area contributed by atoms with Gasteiger partial charge in [0, 0.05) is 36.0 Å². The number of amides is 4. The number of hydrogen-bond acceptors (Lipinski definition) is 5. The third-order valence-electron chi connectivity index (χ3n) is 7.07. The molecule has 3 heterocycles. The van der Waals surface area contributed by atoms with Crippen molar-refractivity contribution in [2.45, 2.75) is 56.0 Å². The number of fused-ring (bicyclic) bond motifs is 1. The van der Waals surface area contributed by atoms with Gasteiger partial charge in [-0.05, 0) is 61.6 Å². The van der Waals surface area contributed by atoms with Crippen molar-refractivity contribution in [2.24, 2.45) is 0 Å². The summed E-state index contributed by atoms with van der Waals surface area (Å²) in [6, 6.07) is 7.11. The van der Waals surface area contributed by atoms with E-state index in [2.05, 4.69) is 15.6 Å². The molecule has 0 radical (unpaired) electrons. The number of pyridine rings is 1. The molecule has 11 heteroatoms. The predicted octanol–water partition coefficient (Wildman–Crippen LogP) is 2.58. The Bertz CT molecular complexity index is 1220. The topological polar surface area (TPSA) is 108 Å². The molecule has 5 rings (SSSR count). The van der Waals surface area contributed by atoms with Crippen LogP contribution in [0.3, 0.4) is 0 Å². The number of nitrogens with one attached hydrogen (secondary N) is 2. The molecule has 182 valence electrons. The average Bonchev–Trinajstić information content (AvgIpc) is 3.04. The molecule has 2 atom stereocenters. The summed E-state index contributed by atoms with van der Waals surface area (Å²) in [7, 11) is -1.38. The minimum absolute atomic E-state index is 0.197. The molecule has 0 spiro atoms. The van der Waals surface area contributed by atoms with Gasteiger partial charge in [-0.1, -0.05) is 11.6 Å². The van der Waals surface area contributed by atoms with Gasteiger partial charge in [0.25, 0.3) is 11.8 Å². The summed E-state index contributed by atoms with van der Waals surface area (Å²) in [4.78, 5) is 55.7. The average molecular weight is 515 g/mol. The number of alkyl halides is 1. The van der Waals surface area contributed by atoms with Crippen molar-refractivity contribution >= 4 is 44.4 Å². The van der Waals surface area contributed by atoms with E-state index in [4.69, 9.17) is 11.6 Å². The van der Waals surface area contributed by atoms with Crippen LogP contribution in [0.25, 0.3) is 0 Å². The molecule has 35 heavy (non-hydrogen) atoms. The van der Waals surface area contributed by atoms with E-state index >= 15 is 4.39 Å². The van der Waals surface area contributed by atoms with Gasteiger partial charge in [0.05, 0.1) is 10.7 Å². The van der Waals surface area contributed by atoms with E-state index in [1.807, 2.05) is 0 Å². The Labute approximate surface area is 208 Å². The van der Waals surface area contributed by atoms with Gasteiger partial charge in [-0.15, -0.1) is 0 Å². The Morgan fingerprint density at radius 3 is 2.74 bits per heavy atom. The van der Waals surface area contributed by atoms with Gasteiger partial charge < -0.3 is 15.5 Å². The number of aromatic nitrogens is 1. The first kappa shape index (κ1) is 23.6. The Balaban J connectivity index is 1.35. The Hall–Kier alpha value is -3.11. The standard InChI is InChI=1S/C24H24ClFN4O4Si/c25-15-3-5-17(27-11-15)20(24(26)8-1-9-24)29-21(32)13-2-4-16-14(10-13)12-30(22(16)33)19-7-6-18(31)28-23(34)35-19/h2-5,10-11,19-20H,1,6-9,12,35H2,(H,29,32)(H,28,31,34)/t19-,20-/m1/s1. The van der Waals surface area contributed by atoms with Gasteiger partial charge in [-0.25, -0.2) is 4.39 Å². The summed E-state index contributed by atoms with van der Waals surface area (Å²) in [5.41, 5.74) is -0.244. The number of nitrogens with zero attached hydrogens (tertiary/aromatic N) is 2. The van der Waals surface area contributed by atoms with Crippen molar-refractivity contribution in [2.75, 3.05) is 0 Å². The highest BCUT2D eigenvalue weighted by Gasteiger charge is 2.47. The van der Waals surface area contributed by atoms with Crippen LogP contribution < -0.4 is 10.6 Å². The molecule has 1 aromatic carbocycles. The fourth-order valence-corrected chi connectivity index (χ4v) is 6.73. The number of hydrogen-bond donors (Lipinski definition) is 2. The maximum Gasteiger partial charge on any atom is 0.254 e. The Kier molecular flexibility index (Phi) is 6.18. The van der Waals surface area contributed by atoms with E-state index < -0.39 is 27.1 Å². The van der Waals surface area contributed by atoms with Crippen molar-refractivity contribution < 1.29 is 23.6 Å². The first-order valence-corrected chi connectivity index (χ1v) is 13.5. The molecule has 0 unspecified atom stereocenters. The van der Waals surface area contributed by atoms with Crippen LogP contribution in [-0.2, 0) is 11.3 Å². The van der Waals surface area contributed by atoms with Crippen LogP contribution in [-0.4, -0.2) is 54.0 Å². The number of benzene rings is 1. The molecule has 4 amide bonds. The van der Waals surface area contributed by atoms with Crippen molar-refractivity contribution in [3.8, 4) is 0 Å². The minimum atomic E-state index is -1.58. The van der Waals surface area contributed by atoms with E-state index in [-0.39, 0.29) is 36.0 Å². The summed E-state index contributed by atoms with van der Waals surface area (Å²) in [6.07, 6.45) is 3.47. The molecule has 2 N–H and O–H groups in total. The molecule has 8 nitrogen and oxygen atoms in total. The van der Waals surface area contributed by atoms with E-state index in [0.29, 0.717) is 46.7 Å². The van der Waals surface area contributed by atoms with Gasteiger partial charge in [0.1, 0.15) is 11.7 Å². The van der Waals surface area contributed by atoms with Gasteiger partial charge in [0.15, 0.2) is 15.1 Å². The summed E-state index contributed by atoms with van der Waals surface area (Å²) < 4.78 is 15.5. The molecule has 0 bridgehead atoms. The third kappa shape index (κ3) is 4.60. The second kappa shape index (κ2) is 9.16. The van der Waals surface area contributed by atoms with E-state index in [1.54, 1.807) is 35.2 Å². The zero-order valence-corrected chi connectivity index (χ0v) is 21.0. The third-order valence-corrected chi connectivity index (χ3v) is 9.16. The second-order valence-corrected chi connectivity index (χ2v) is 11.8. The molecule has 1 saturated heterocycles. The maximum absolute atomic E-state index is 15.5. The van der Waals surface area contributed by atoms with Crippen LogP contribution in [0.1, 0.15) is 70.1 Å². The molecule has 3 aliphatic rings. The smallest absolute Gasteiger partial charge is 0.254 e. The molecule has 1 aliphatic carbocycles. The number of carbonyl (C=O) groups excluding carboxylic acids is 4. The first-order chi connectivity index (χ1) is 16.7. The SMILES string of the molecule is O=C1CC[C@H](N2Cc3cc(C(=O)N[C@H](c4ccc(Cl)cn4)C4(F)CCC4)ccc3C2=O)[SiH2]C(=O)N1. The quantitative estimate of drug-likeness (QED) is 0.596. The molecule has 2 aromatic rings. The van der Waals surface area contributed by atoms with Crippen molar-refractivity contribution in [3.63, 3.8) is 0 Å². The summed E-state index contributed by atoms with van der Waals surface area (Å²) in [5.74, 6) is -0.972. The van der Waals surface area contributed by atoms with E-state index in [1.165, 1.54) is 6.20 Å². The molecule has 2 aliphatic heterocycles. The maximum atomic E-state index is 15.5. The van der Waals surface area contributed by atoms with Crippen LogP contribution in [0.4, 0.5) is 9.18 Å². The van der Waals surface area contributed by atoms with Crippen molar-refractivity contribution in [1.82, 2.24) is 20.5 Å². The van der Waals surface area contributed by atoms with Gasteiger partial charge in [-0.3, -0.25) is 24.2 Å². The largest absolute Gasteiger partial charge is 0.340 e. The van der Waals surface area contributed by atoms with Gasteiger partial charge in [-0.2, -0.15) is 0 Å². The van der Waals surface area contributed by atoms with Crippen molar-refractivity contribution in [1.29, 1.82) is 0 Å². The van der Waals surface area contributed by atoms with Crippen LogP contribution in [0.15, 0.2) is 36.5 Å². The van der Waals surface area contributed by atoms with Gasteiger partial charge in [0.2, 0.25) is 5.91 Å². The lowest BCUT2D eigenvalue weighted by Crippen LogP contribution is -2.47. The summed E-state index contributed by atoms with van der Waals surface area (Å²) in [5, 5.41) is 5.59. The van der Waals surface area contributed by atoms with Crippen LogP contribution in [0.5, 0.6) is 0 Å². The van der Waals surface area contributed by atoms with Crippen LogP contribution >= 0.6 is 11.6 Å². The van der Waals surface area contributed by atoms with E-state index in [0.717, 1.165) is 6.42 Å². The van der Waals surface area contributed by atoms with Crippen LogP contribution in [0.2, 0.25) is 5.02 Å². The number of halogens is 2. The Morgan fingerprint density at radius 2 is 2.06 bits per heavy atom. The molecular weight excluding hydrogens is 491 g/mol. The summed E-state index contributed by atoms with van der Waals surface area (Å²) >= 11 is 5.93. The van der Waals surface area contributed by atoms with Crippen LogP contribution in [0, 0.1) is 0 Å².